The molecule has 1 aliphatic rings. The average molecular weight is 430 g/mol. The Kier molecular flexibility index (Phi) is 6.56. The number of hydrogen-bond donors (Lipinski definition) is 3. The predicted molar refractivity (Wildman–Crippen MR) is 127 cm³/mol. The van der Waals surface area contributed by atoms with Crippen LogP contribution in [0.15, 0.2) is 72.9 Å². The minimum absolute atomic E-state index is 0.140. The number of phenols is 1. The first-order valence-corrected chi connectivity index (χ1v) is 11.3. The number of nitrogens with two attached hydrogens (primary N) is 2. The van der Waals surface area contributed by atoms with Gasteiger partial charge in [0.05, 0.1) is 5.41 Å². The van der Waals surface area contributed by atoms with E-state index >= 15 is 0 Å². The maximum Gasteiger partial charge on any atom is 0.224 e. The van der Waals surface area contributed by atoms with Gasteiger partial charge in [-0.15, -0.1) is 0 Å². The Hall–Kier alpha value is -3.18. The molecule has 1 fully saturated rings. The Balaban J connectivity index is 1.78. The third-order valence-electron chi connectivity index (χ3n) is 7.09. The summed E-state index contributed by atoms with van der Waals surface area (Å²) >= 11 is 0. The molecule has 0 bridgehead atoms. The molecule has 32 heavy (non-hydrogen) atoms. The number of phenolic OH excluding ortho intramolecular Hbond substituents is 1. The highest BCUT2D eigenvalue weighted by molar-refractivity contribution is 5.82. The largest absolute Gasteiger partial charge is 0.508 e. The van der Waals surface area contributed by atoms with Gasteiger partial charge in [-0.3, -0.25) is 9.78 Å². The molecule has 5 heteroatoms. The van der Waals surface area contributed by atoms with Crippen LogP contribution in [0, 0.1) is 11.3 Å². The number of pyridine rings is 1. The Morgan fingerprint density at radius 3 is 2.41 bits per heavy atom. The van der Waals surface area contributed by atoms with Crippen LogP contribution < -0.4 is 11.5 Å². The predicted octanol–water partition coefficient (Wildman–Crippen LogP) is 4.40. The highest BCUT2D eigenvalue weighted by atomic mass is 16.3. The van der Waals surface area contributed by atoms with Gasteiger partial charge in [-0.05, 0) is 85.5 Å². The van der Waals surface area contributed by atoms with Gasteiger partial charge in [-0.25, -0.2) is 0 Å². The number of rotatable bonds is 7. The van der Waals surface area contributed by atoms with Crippen molar-refractivity contribution in [3.05, 3.63) is 84.2 Å². The van der Waals surface area contributed by atoms with Crippen LogP contribution in [0.4, 0.5) is 0 Å². The van der Waals surface area contributed by atoms with Crippen molar-refractivity contribution < 1.29 is 9.90 Å². The fourth-order valence-corrected chi connectivity index (χ4v) is 5.13. The summed E-state index contributed by atoms with van der Waals surface area (Å²) in [6, 6.07) is 21.4. The molecule has 5 nitrogen and oxygen atoms in total. The number of carbonyl (C=O) groups excluding carboxylic acids is 1. The smallest absolute Gasteiger partial charge is 0.224 e. The summed E-state index contributed by atoms with van der Waals surface area (Å²) in [4.78, 5) is 17.7. The Bertz CT molecular complexity index is 1060. The minimum atomic E-state index is -0.661. The summed E-state index contributed by atoms with van der Waals surface area (Å²) in [5.41, 5.74) is 15.3. The van der Waals surface area contributed by atoms with Gasteiger partial charge in [0.2, 0.25) is 5.91 Å². The first-order chi connectivity index (χ1) is 15.5. The van der Waals surface area contributed by atoms with Crippen LogP contribution in [0.25, 0.3) is 11.1 Å². The molecular weight excluding hydrogens is 398 g/mol. The molecule has 0 radical (unpaired) electrons. The van der Waals surface area contributed by atoms with Gasteiger partial charge in [-0.2, -0.15) is 0 Å². The van der Waals surface area contributed by atoms with Gasteiger partial charge in [0, 0.05) is 17.8 Å². The van der Waals surface area contributed by atoms with Crippen molar-refractivity contribution in [1.82, 2.24) is 4.98 Å². The lowest BCUT2D eigenvalue weighted by molar-refractivity contribution is -0.131. The minimum Gasteiger partial charge on any atom is -0.508 e. The molecule has 0 spiro atoms. The Morgan fingerprint density at radius 2 is 1.75 bits per heavy atom. The van der Waals surface area contributed by atoms with Gasteiger partial charge < -0.3 is 16.6 Å². The first kappa shape index (κ1) is 22.0. The SMILES string of the molecule is NCC1CCC(C(N)=O)(C(Cc2ccccc2)c2cc(-c3cccc(O)c3)ccn2)CC1. The second-order valence-electron chi connectivity index (χ2n) is 8.96. The van der Waals surface area contributed by atoms with E-state index in [1.165, 1.54) is 0 Å². The van der Waals surface area contributed by atoms with Crippen molar-refractivity contribution >= 4 is 5.91 Å². The number of aromatic nitrogens is 1. The van der Waals surface area contributed by atoms with E-state index in [0.29, 0.717) is 18.9 Å². The van der Waals surface area contributed by atoms with Gasteiger partial charge >= 0.3 is 0 Å². The molecule has 2 aromatic carbocycles. The third-order valence-corrected chi connectivity index (χ3v) is 7.09. The highest BCUT2D eigenvalue weighted by Crippen LogP contribution is 2.50. The van der Waals surface area contributed by atoms with Crippen LogP contribution in [-0.4, -0.2) is 22.5 Å². The van der Waals surface area contributed by atoms with E-state index in [1.54, 1.807) is 18.3 Å². The van der Waals surface area contributed by atoms with E-state index in [2.05, 4.69) is 12.1 Å². The highest BCUT2D eigenvalue weighted by Gasteiger charge is 2.47. The lowest BCUT2D eigenvalue weighted by Crippen LogP contribution is -2.46. The normalized spacial score (nSPS) is 21.7. The second kappa shape index (κ2) is 9.53. The number of primary amides is 1. The molecule has 5 N–H and O–H groups in total. The molecule has 1 unspecified atom stereocenters. The van der Waals surface area contributed by atoms with Crippen LogP contribution in [-0.2, 0) is 11.2 Å². The van der Waals surface area contributed by atoms with Crippen LogP contribution >= 0.6 is 0 Å². The van der Waals surface area contributed by atoms with E-state index in [4.69, 9.17) is 16.5 Å². The number of hydrogen-bond acceptors (Lipinski definition) is 4. The number of carbonyl (C=O) groups is 1. The van der Waals surface area contributed by atoms with Crippen molar-refractivity contribution in [2.75, 3.05) is 6.54 Å². The maximum atomic E-state index is 13.0. The van der Waals surface area contributed by atoms with Crippen molar-refractivity contribution in [3.8, 4) is 16.9 Å². The average Bonchev–Trinajstić information content (AvgIpc) is 2.83. The lowest BCUT2D eigenvalue weighted by Gasteiger charge is -2.43. The zero-order valence-corrected chi connectivity index (χ0v) is 18.3. The standard InChI is InChI=1S/C27H31N3O2/c28-18-20-9-12-27(13-10-20,26(29)32)24(15-19-5-2-1-3-6-19)25-17-22(11-14-30-25)21-7-4-8-23(31)16-21/h1-8,11,14,16-17,20,24,31H,9-10,12-13,15,18,28H2,(H2,29,32). The molecular formula is C27H31N3O2. The summed E-state index contributed by atoms with van der Waals surface area (Å²) in [6.07, 6.45) is 5.72. The Labute approximate surface area is 189 Å². The molecule has 1 amide bonds. The number of nitrogens with zero attached hydrogens (tertiary/aromatic N) is 1. The zero-order valence-electron chi connectivity index (χ0n) is 18.3. The van der Waals surface area contributed by atoms with Crippen LogP contribution in [0.2, 0.25) is 0 Å². The van der Waals surface area contributed by atoms with Gasteiger partial charge in [0.25, 0.3) is 0 Å². The van der Waals surface area contributed by atoms with Crippen molar-refractivity contribution in [2.24, 2.45) is 22.8 Å². The topological polar surface area (TPSA) is 102 Å². The van der Waals surface area contributed by atoms with E-state index in [9.17, 15) is 9.90 Å². The van der Waals surface area contributed by atoms with E-state index in [1.807, 2.05) is 42.5 Å². The van der Waals surface area contributed by atoms with Gasteiger partial charge in [0.1, 0.15) is 5.75 Å². The first-order valence-electron chi connectivity index (χ1n) is 11.3. The molecule has 1 atom stereocenters. The molecule has 0 saturated heterocycles. The van der Waals surface area contributed by atoms with E-state index < -0.39 is 5.41 Å². The van der Waals surface area contributed by atoms with Crippen LogP contribution in [0.1, 0.15) is 42.9 Å². The van der Waals surface area contributed by atoms with Gasteiger partial charge in [0.15, 0.2) is 0 Å². The van der Waals surface area contributed by atoms with Gasteiger partial charge in [-0.1, -0.05) is 42.5 Å². The molecule has 1 heterocycles. The quantitative estimate of drug-likeness (QED) is 0.518. The Morgan fingerprint density at radius 1 is 1.03 bits per heavy atom. The number of benzene rings is 2. The second-order valence-corrected chi connectivity index (χ2v) is 8.96. The summed E-state index contributed by atoms with van der Waals surface area (Å²) in [5, 5.41) is 9.93. The molecule has 0 aliphatic heterocycles. The summed E-state index contributed by atoms with van der Waals surface area (Å²) in [7, 11) is 0. The summed E-state index contributed by atoms with van der Waals surface area (Å²) < 4.78 is 0. The van der Waals surface area contributed by atoms with Crippen LogP contribution in [0.3, 0.4) is 0 Å². The lowest BCUT2D eigenvalue weighted by atomic mass is 9.60. The molecule has 1 aliphatic carbocycles. The van der Waals surface area contributed by atoms with Crippen molar-refractivity contribution in [2.45, 2.75) is 38.0 Å². The molecule has 3 aromatic rings. The fraction of sp³-hybridized carbons (Fsp3) is 0.333. The number of amides is 1. The molecule has 166 valence electrons. The molecule has 1 aromatic heterocycles. The monoisotopic (exact) mass is 429 g/mol. The molecule has 1 saturated carbocycles. The fourth-order valence-electron chi connectivity index (χ4n) is 5.13. The summed E-state index contributed by atoms with van der Waals surface area (Å²) in [5.74, 6) is 0.263. The van der Waals surface area contributed by atoms with Crippen molar-refractivity contribution in [3.63, 3.8) is 0 Å². The maximum absolute atomic E-state index is 13.0. The third kappa shape index (κ3) is 4.53. The number of aromatic hydroxyl groups is 1. The van der Waals surface area contributed by atoms with Crippen molar-refractivity contribution in [1.29, 1.82) is 0 Å². The summed E-state index contributed by atoms with van der Waals surface area (Å²) in [6.45, 7) is 0.642. The van der Waals surface area contributed by atoms with Crippen LogP contribution in [0.5, 0.6) is 5.75 Å². The zero-order chi connectivity index (χ0) is 22.6. The van der Waals surface area contributed by atoms with E-state index in [-0.39, 0.29) is 17.6 Å². The molecule has 4 rings (SSSR count). The van der Waals surface area contributed by atoms with E-state index in [0.717, 1.165) is 48.1 Å².